The van der Waals surface area contributed by atoms with Crippen LogP contribution in [-0.4, -0.2) is 36.7 Å². The van der Waals surface area contributed by atoms with Gasteiger partial charge in [-0.1, -0.05) is 12.1 Å². The summed E-state index contributed by atoms with van der Waals surface area (Å²) in [5, 5.41) is 9.12. The smallest absolute Gasteiger partial charge is 0.115 e. The summed E-state index contributed by atoms with van der Waals surface area (Å²) in [6, 6.07) is 7.64. The Morgan fingerprint density at radius 3 is 2.06 bits per heavy atom. The third-order valence-electron chi connectivity index (χ3n) is 2.41. The molecule has 0 aliphatic carbocycles. The highest BCUT2D eigenvalue weighted by molar-refractivity contribution is 5.85. The number of hydrogen-bond donors (Lipinski definition) is 2. The summed E-state index contributed by atoms with van der Waals surface area (Å²) >= 11 is 0. The maximum atomic E-state index is 9.12. The van der Waals surface area contributed by atoms with Gasteiger partial charge in [-0.15, -0.1) is 24.8 Å². The molecule has 0 heterocycles. The van der Waals surface area contributed by atoms with Gasteiger partial charge >= 0.3 is 0 Å². The normalized spacial score (nSPS) is 11.5. The predicted molar refractivity (Wildman–Crippen MR) is 72.8 cm³/mol. The zero-order valence-corrected chi connectivity index (χ0v) is 11.2. The SMILES string of the molecule is CN(C)[C@H](CN)Cc1ccc(O)cc1.Cl.Cl. The van der Waals surface area contributed by atoms with Gasteiger partial charge in [0, 0.05) is 12.6 Å². The van der Waals surface area contributed by atoms with E-state index in [2.05, 4.69) is 4.90 Å². The van der Waals surface area contributed by atoms with Crippen LogP contribution in [0.5, 0.6) is 5.75 Å². The number of hydrogen-bond acceptors (Lipinski definition) is 3. The maximum absolute atomic E-state index is 9.12. The fourth-order valence-corrected chi connectivity index (χ4v) is 1.38. The third-order valence-corrected chi connectivity index (χ3v) is 2.41. The van der Waals surface area contributed by atoms with E-state index in [0.29, 0.717) is 18.3 Å². The van der Waals surface area contributed by atoms with Crippen LogP contribution >= 0.6 is 24.8 Å². The summed E-state index contributed by atoms with van der Waals surface area (Å²) in [5.41, 5.74) is 6.86. The van der Waals surface area contributed by atoms with Crippen molar-refractivity contribution in [2.24, 2.45) is 5.73 Å². The second kappa shape index (κ2) is 8.65. The molecule has 0 aromatic heterocycles. The molecule has 1 rings (SSSR count). The van der Waals surface area contributed by atoms with Gasteiger partial charge < -0.3 is 15.7 Å². The molecule has 0 aliphatic rings. The van der Waals surface area contributed by atoms with Crippen LogP contribution in [0, 0.1) is 0 Å². The molecule has 0 spiro atoms. The molecule has 0 amide bonds. The lowest BCUT2D eigenvalue weighted by molar-refractivity contribution is 0.298. The zero-order valence-electron chi connectivity index (χ0n) is 9.59. The highest BCUT2D eigenvalue weighted by Gasteiger charge is 2.09. The highest BCUT2D eigenvalue weighted by Crippen LogP contribution is 2.12. The van der Waals surface area contributed by atoms with Crippen LogP contribution < -0.4 is 5.73 Å². The lowest BCUT2D eigenvalue weighted by Crippen LogP contribution is -2.36. The number of phenolic OH excluding ortho intramolecular Hbond substituents is 1. The first-order chi connectivity index (χ1) is 6.63. The average molecular weight is 267 g/mol. The summed E-state index contributed by atoms with van der Waals surface area (Å²) < 4.78 is 0. The first-order valence-electron chi connectivity index (χ1n) is 4.78. The molecule has 0 saturated carbocycles. The topological polar surface area (TPSA) is 49.5 Å². The molecule has 1 aromatic rings. The van der Waals surface area contributed by atoms with E-state index in [9.17, 15) is 0 Å². The Hall–Kier alpha value is -0.480. The van der Waals surface area contributed by atoms with Crippen molar-refractivity contribution in [2.45, 2.75) is 12.5 Å². The van der Waals surface area contributed by atoms with Crippen LogP contribution in [0.1, 0.15) is 5.56 Å². The van der Waals surface area contributed by atoms with E-state index in [-0.39, 0.29) is 24.8 Å². The molecule has 94 valence electrons. The Labute approximate surface area is 109 Å². The third kappa shape index (κ3) is 5.56. The molecule has 1 atom stereocenters. The van der Waals surface area contributed by atoms with Gasteiger partial charge in [0.1, 0.15) is 5.75 Å². The molecule has 0 bridgehead atoms. The Kier molecular flexibility index (Phi) is 9.67. The second-order valence-corrected chi connectivity index (χ2v) is 3.72. The van der Waals surface area contributed by atoms with Crippen LogP contribution in [0.4, 0.5) is 0 Å². The van der Waals surface area contributed by atoms with Crippen LogP contribution in [-0.2, 0) is 6.42 Å². The van der Waals surface area contributed by atoms with Crippen molar-refractivity contribution in [3.8, 4) is 5.75 Å². The Balaban J connectivity index is 0. The Bertz CT molecular complexity index is 278. The maximum Gasteiger partial charge on any atom is 0.115 e. The van der Waals surface area contributed by atoms with Crippen LogP contribution in [0.3, 0.4) is 0 Å². The van der Waals surface area contributed by atoms with Gasteiger partial charge in [0.15, 0.2) is 0 Å². The molecule has 3 nitrogen and oxygen atoms in total. The monoisotopic (exact) mass is 266 g/mol. The van der Waals surface area contributed by atoms with Crippen molar-refractivity contribution >= 4 is 24.8 Å². The molecule has 0 fully saturated rings. The minimum atomic E-state index is 0. The molecule has 0 unspecified atom stereocenters. The van der Waals surface area contributed by atoms with Crippen LogP contribution in [0.15, 0.2) is 24.3 Å². The van der Waals surface area contributed by atoms with Gasteiger partial charge in [0.25, 0.3) is 0 Å². The number of nitrogens with zero attached hydrogens (tertiary/aromatic N) is 1. The minimum absolute atomic E-state index is 0. The minimum Gasteiger partial charge on any atom is -0.508 e. The Morgan fingerprint density at radius 1 is 1.19 bits per heavy atom. The molecule has 5 heteroatoms. The standard InChI is InChI=1S/C11H18N2O.2ClH/c1-13(2)10(8-12)7-9-3-5-11(14)6-4-9;;/h3-6,10,14H,7-8,12H2,1-2H3;2*1H/t10-;;/m0../s1. The van der Waals surface area contributed by atoms with Gasteiger partial charge in [-0.25, -0.2) is 0 Å². The van der Waals surface area contributed by atoms with E-state index < -0.39 is 0 Å². The summed E-state index contributed by atoms with van der Waals surface area (Å²) in [6.45, 7) is 0.647. The lowest BCUT2D eigenvalue weighted by Gasteiger charge is -2.22. The van der Waals surface area contributed by atoms with Crippen molar-refractivity contribution in [2.75, 3.05) is 20.6 Å². The second-order valence-electron chi connectivity index (χ2n) is 3.72. The lowest BCUT2D eigenvalue weighted by atomic mass is 10.1. The number of halogens is 2. The van der Waals surface area contributed by atoms with Gasteiger partial charge in [-0.2, -0.15) is 0 Å². The molecule has 3 N–H and O–H groups in total. The van der Waals surface area contributed by atoms with E-state index >= 15 is 0 Å². The quantitative estimate of drug-likeness (QED) is 0.872. The predicted octanol–water partition coefficient (Wildman–Crippen LogP) is 1.67. The van der Waals surface area contributed by atoms with Crippen LogP contribution in [0.2, 0.25) is 0 Å². The van der Waals surface area contributed by atoms with Gasteiger partial charge in [0.05, 0.1) is 0 Å². The number of nitrogens with two attached hydrogens (primary N) is 1. The number of phenols is 1. The van der Waals surface area contributed by atoms with Crippen molar-refractivity contribution in [1.82, 2.24) is 4.90 Å². The largest absolute Gasteiger partial charge is 0.508 e. The van der Waals surface area contributed by atoms with E-state index in [1.54, 1.807) is 12.1 Å². The molecule has 0 saturated heterocycles. The fraction of sp³-hybridized carbons (Fsp3) is 0.455. The number of aromatic hydroxyl groups is 1. The molecule has 0 radical (unpaired) electrons. The highest BCUT2D eigenvalue weighted by atomic mass is 35.5. The van der Waals surface area contributed by atoms with E-state index in [1.165, 1.54) is 5.56 Å². The van der Waals surface area contributed by atoms with E-state index in [4.69, 9.17) is 10.8 Å². The molecular weight excluding hydrogens is 247 g/mol. The molecular formula is C11H20Cl2N2O. The van der Waals surface area contributed by atoms with Crippen LogP contribution in [0.25, 0.3) is 0 Å². The van der Waals surface area contributed by atoms with Crippen molar-refractivity contribution in [3.05, 3.63) is 29.8 Å². The Morgan fingerprint density at radius 2 is 1.69 bits per heavy atom. The van der Waals surface area contributed by atoms with Crippen molar-refractivity contribution in [1.29, 1.82) is 0 Å². The first-order valence-corrected chi connectivity index (χ1v) is 4.78. The molecule has 0 aliphatic heterocycles. The van der Waals surface area contributed by atoms with Crippen molar-refractivity contribution in [3.63, 3.8) is 0 Å². The van der Waals surface area contributed by atoms with Crippen molar-refractivity contribution < 1.29 is 5.11 Å². The first kappa shape index (κ1) is 17.9. The number of rotatable bonds is 4. The van der Waals surface area contributed by atoms with E-state index in [1.807, 2.05) is 26.2 Å². The zero-order chi connectivity index (χ0) is 10.6. The number of benzene rings is 1. The van der Waals surface area contributed by atoms with Gasteiger partial charge in [0.2, 0.25) is 0 Å². The summed E-state index contributed by atoms with van der Waals surface area (Å²) in [5.74, 6) is 0.308. The van der Waals surface area contributed by atoms with E-state index in [0.717, 1.165) is 6.42 Å². The molecule has 1 aromatic carbocycles. The summed E-state index contributed by atoms with van der Waals surface area (Å²) in [7, 11) is 4.05. The van der Waals surface area contributed by atoms with Gasteiger partial charge in [-0.05, 0) is 38.2 Å². The fourth-order valence-electron chi connectivity index (χ4n) is 1.38. The summed E-state index contributed by atoms with van der Waals surface area (Å²) in [6.07, 6.45) is 0.920. The number of likely N-dealkylation sites (N-methyl/N-ethyl adjacent to an activating group) is 1. The average Bonchev–Trinajstić information content (AvgIpc) is 2.16. The van der Waals surface area contributed by atoms with Gasteiger partial charge in [-0.3, -0.25) is 0 Å². The summed E-state index contributed by atoms with van der Waals surface area (Å²) in [4.78, 5) is 2.12. The molecule has 16 heavy (non-hydrogen) atoms.